The molecule has 0 aromatic heterocycles. The monoisotopic (exact) mass is 356 g/mol. The van der Waals surface area contributed by atoms with Crippen LogP contribution in [-0.2, 0) is 11.2 Å². The highest BCUT2D eigenvalue weighted by Crippen LogP contribution is 2.24. The topological polar surface area (TPSA) is 58.6 Å². The van der Waals surface area contributed by atoms with E-state index < -0.39 is 0 Å². The highest BCUT2D eigenvalue weighted by Gasteiger charge is 2.18. The third kappa shape index (κ3) is 4.39. The molecule has 0 bridgehead atoms. The summed E-state index contributed by atoms with van der Waals surface area (Å²) in [7, 11) is 1.75. The molecule has 2 aromatic carbocycles. The Morgan fingerprint density at radius 3 is 2.73 bits per heavy atom. The smallest absolute Gasteiger partial charge is 0.253 e. The molecule has 0 aliphatic carbocycles. The first kappa shape index (κ1) is 17.9. The summed E-state index contributed by atoms with van der Waals surface area (Å²) in [5.74, 6) is 0.255. The number of ether oxygens (including phenoxy) is 1. The molecule has 6 heteroatoms. The first-order valence-corrected chi connectivity index (χ1v) is 8.59. The van der Waals surface area contributed by atoms with E-state index in [-0.39, 0.29) is 17.6 Å². The summed E-state index contributed by atoms with van der Waals surface area (Å²) in [5, 5.41) is 2.81. The zero-order valence-electron chi connectivity index (χ0n) is 14.6. The molecule has 0 unspecified atom stereocenters. The fraction of sp³-hybridized carbons (Fsp3) is 0.300. The number of fused-ring (bicyclic) bond motifs is 1. The summed E-state index contributed by atoms with van der Waals surface area (Å²) in [6.07, 6.45) is 1.76. The minimum absolute atomic E-state index is 0.00912. The second-order valence-corrected chi connectivity index (χ2v) is 6.30. The summed E-state index contributed by atoms with van der Waals surface area (Å²) in [4.78, 5) is 25.6. The summed E-state index contributed by atoms with van der Waals surface area (Å²) >= 11 is 0. The van der Waals surface area contributed by atoms with Gasteiger partial charge in [0.2, 0.25) is 5.91 Å². The number of aryl methyl sites for hydroxylation is 1. The van der Waals surface area contributed by atoms with Crippen LogP contribution in [0.1, 0.15) is 28.8 Å². The molecule has 0 spiro atoms. The van der Waals surface area contributed by atoms with Crippen LogP contribution in [0.15, 0.2) is 42.5 Å². The number of benzene rings is 2. The van der Waals surface area contributed by atoms with Gasteiger partial charge in [0.15, 0.2) is 0 Å². The fourth-order valence-corrected chi connectivity index (χ4v) is 2.86. The molecule has 3 rings (SSSR count). The lowest BCUT2D eigenvalue weighted by Crippen LogP contribution is -2.29. The molecule has 26 heavy (non-hydrogen) atoms. The van der Waals surface area contributed by atoms with Gasteiger partial charge in [-0.3, -0.25) is 9.59 Å². The van der Waals surface area contributed by atoms with Crippen molar-refractivity contribution < 1.29 is 18.7 Å². The van der Waals surface area contributed by atoms with Gasteiger partial charge >= 0.3 is 0 Å². The highest BCUT2D eigenvalue weighted by atomic mass is 19.1. The van der Waals surface area contributed by atoms with Crippen molar-refractivity contribution in [2.45, 2.75) is 19.3 Å². The molecule has 1 heterocycles. The van der Waals surface area contributed by atoms with Gasteiger partial charge in [-0.1, -0.05) is 0 Å². The van der Waals surface area contributed by atoms with Crippen molar-refractivity contribution in [2.24, 2.45) is 0 Å². The summed E-state index contributed by atoms with van der Waals surface area (Å²) in [6.45, 7) is 0.993. The van der Waals surface area contributed by atoms with Crippen molar-refractivity contribution >= 4 is 17.5 Å². The average molecular weight is 356 g/mol. The Morgan fingerprint density at radius 2 is 1.96 bits per heavy atom. The first-order chi connectivity index (χ1) is 12.5. The van der Waals surface area contributed by atoms with Crippen molar-refractivity contribution in [1.82, 2.24) is 4.90 Å². The molecule has 1 N–H and O–H groups in total. The van der Waals surface area contributed by atoms with Crippen LogP contribution in [0.25, 0.3) is 0 Å². The van der Waals surface area contributed by atoms with Crippen LogP contribution in [0.2, 0.25) is 0 Å². The number of hydrogen-bond donors (Lipinski definition) is 1. The van der Waals surface area contributed by atoms with E-state index in [1.54, 1.807) is 36.2 Å². The van der Waals surface area contributed by atoms with Crippen LogP contribution in [0.5, 0.6) is 5.75 Å². The number of amides is 2. The normalized spacial score (nSPS) is 12.9. The molecule has 0 saturated carbocycles. The van der Waals surface area contributed by atoms with Gasteiger partial charge in [-0.25, -0.2) is 4.39 Å². The Balaban J connectivity index is 1.50. The van der Waals surface area contributed by atoms with Gasteiger partial charge in [-0.2, -0.15) is 0 Å². The number of carbonyl (C=O) groups is 2. The number of anilines is 1. The number of rotatable bonds is 6. The van der Waals surface area contributed by atoms with Gasteiger partial charge < -0.3 is 15.0 Å². The number of halogens is 1. The standard InChI is InChI=1S/C20H21FN2O3/c1-23(11-2-12-26-17-7-5-16(21)6-8-17)20(25)15-3-9-18-14(13-15)4-10-19(24)22-18/h3,5-9,13H,2,4,10-12H2,1H3,(H,22,24). The Morgan fingerprint density at radius 1 is 1.19 bits per heavy atom. The molecular formula is C20H21FN2O3. The Bertz CT molecular complexity index is 805. The largest absolute Gasteiger partial charge is 0.494 e. The van der Waals surface area contributed by atoms with E-state index in [0.717, 1.165) is 11.3 Å². The minimum atomic E-state index is -0.299. The Kier molecular flexibility index (Phi) is 5.51. The maximum atomic E-state index is 12.8. The van der Waals surface area contributed by atoms with Crippen LogP contribution in [-0.4, -0.2) is 36.9 Å². The van der Waals surface area contributed by atoms with E-state index >= 15 is 0 Å². The third-order valence-electron chi connectivity index (χ3n) is 4.31. The lowest BCUT2D eigenvalue weighted by Gasteiger charge is -2.20. The van der Waals surface area contributed by atoms with Crippen molar-refractivity contribution in [1.29, 1.82) is 0 Å². The minimum Gasteiger partial charge on any atom is -0.494 e. The van der Waals surface area contributed by atoms with Crippen molar-refractivity contribution in [3.8, 4) is 5.75 Å². The maximum absolute atomic E-state index is 12.8. The van der Waals surface area contributed by atoms with Crippen LogP contribution >= 0.6 is 0 Å². The van der Waals surface area contributed by atoms with Crippen LogP contribution in [0.3, 0.4) is 0 Å². The van der Waals surface area contributed by atoms with Gasteiger partial charge in [0, 0.05) is 31.3 Å². The number of nitrogens with one attached hydrogen (secondary N) is 1. The molecule has 0 radical (unpaired) electrons. The molecule has 136 valence electrons. The van der Waals surface area contributed by atoms with Crippen molar-refractivity contribution in [2.75, 3.05) is 25.5 Å². The second-order valence-electron chi connectivity index (χ2n) is 6.30. The van der Waals surface area contributed by atoms with Gasteiger partial charge in [0.25, 0.3) is 5.91 Å². The quantitative estimate of drug-likeness (QED) is 0.809. The molecule has 2 aromatic rings. The van der Waals surface area contributed by atoms with E-state index in [9.17, 15) is 14.0 Å². The zero-order valence-corrected chi connectivity index (χ0v) is 14.6. The lowest BCUT2D eigenvalue weighted by atomic mass is 10.00. The van der Waals surface area contributed by atoms with Gasteiger partial charge in [0.1, 0.15) is 11.6 Å². The second kappa shape index (κ2) is 7.99. The average Bonchev–Trinajstić information content (AvgIpc) is 2.65. The van der Waals surface area contributed by atoms with Gasteiger partial charge in [-0.15, -0.1) is 0 Å². The maximum Gasteiger partial charge on any atom is 0.253 e. The third-order valence-corrected chi connectivity index (χ3v) is 4.31. The lowest BCUT2D eigenvalue weighted by molar-refractivity contribution is -0.116. The Labute approximate surface area is 151 Å². The van der Waals surface area contributed by atoms with Crippen LogP contribution in [0.4, 0.5) is 10.1 Å². The highest BCUT2D eigenvalue weighted by molar-refractivity contribution is 5.97. The predicted molar refractivity (Wildman–Crippen MR) is 96.9 cm³/mol. The van der Waals surface area contributed by atoms with E-state index in [1.807, 2.05) is 6.07 Å². The molecule has 5 nitrogen and oxygen atoms in total. The predicted octanol–water partition coefficient (Wildman–Crippen LogP) is 3.25. The van der Waals surface area contributed by atoms with Gasteiger partial charge in [-0.05, 0) is 60.9 Å². The molecule has 0 atom stereocenters. The molecular weight excluding hydrogens is 335 g/mol. The van der Waals surface area contributed by atoms with E-state index in [2.05, 4.69) is 5.32 Å². The molecule has 0 saturated heterocycles. The summed E-state index contributed by atoms with van der Waals surface area (Å²) in [5.41, 5.74) is 2.39. The van der Waals surface area contributed by atoms with Crippen molar-refractivity contribution in [3.05, 3.63) is 59.4 Å². The molecule has 1 aliphatic heterocycles. The van der Waals surface area contributed by atoms with E-state index in [0.29, 0.717) is 43.7 Å². The van der Waals surface area contributed by atoms with Crippen molar-refractivity contribution in [3.63, 3.8) is 0 Å². The van der Waals surface area contributed by atoms with Gasteiger partial charge in [0.05, 0.1) is 6.61 Å². The summed E-state index contributed by atoms with van der Waals surface area (Å²) < 4.78 is 18.4. The SMILES string of the molecule is CN(CCCOc1ccc(F)cc1)C(=O)c1ccc2c(c1)CCC(=O)N2. The number of hydrogen-bond acceptors (Lipinski definition) is 3. The van der Waals surface area contributed by atoms with Crippen LogP contribution in [0, 0.1) is 5.82 Å². The fourth-order valence-electron chi connectivity index (χ4n) is 2.86. The molecule has 2 amide bonds. The number of carbonyl (C=O) groups excluding carboxylic acids is 2. The molecule has 0 fully saturated rings. The van der Waals surface area contributed by atoms with E-state index in [1.165, 1.54) is 12.1 Å². The molecule has 1 aliphatic rings. The first-order valence-electron chi connectivity index (χ1n) is 8.59. The van der Waals surface area contributed by atoms with Crippen LogP contribution < -0.4 is 10.1 Å². The Hall–Kier alpha value is -2.89. The van der Waals surface area contributed by atoms with E-state index in [4.69, 9.17) is 4.74 Å². The summed E-state index contributed by atoms with van der Waals surface area (Å²) in [6, 6.07) is 11.2. The zero-order chi connectivity index (χ0) is 18.5. The number of nitrogens with zero attached hydrogens (tertiary/aromatic N) is 1.